The van der Waals surface area contributed by atoms with Gasteiger partial charge in [0.05, 0.1) is 6.61 Å². The van der Waals surface area contributed by atoms with Crippen LogP contribution >= 0.6 is 0 Å². The van der Waals surface area contributed by atoms with Gasteiger partial charge in [0.2, 0.25) is 5.91 Å². The molecule has 2 rings (SSSR count). The summed E-state index contributed by atoms with van der Waals surface area (Å²) in [5, 5.41) is 2.88. The second-order valence-electron chi connectivity index (χ2n) is 9.03. The molecule has 0 atom stereocenters. The first-order valence-corrected chi connectivity index (χ1v) is 9.95. The van der Waals surface area contributed by atoms with Crippen LogP contribution in [0.5, 0.6) is 5.75 Å². The first-order chi connectivity index (χ1) is 12.6. The van der Waals surface area contributed by atoms with E-state index >= 15 is 0 Å². The molecule has 1 aromatic rings. The molecule has 0 aromatic heterocycles. The van der Waals surface area contributed by atoms with Crippen LogP contribution in [0, 0.1) is 11.3 Å². The Morgan fingerprint density at radius 2 is 1.74 bits per heavy atom. The van der Waals surface area contributed by atoms with Crippen LogP contribution in [0.15, 0.2) is 24.3 Å². The molecule has 5 heteroatoms. The number of rotatable bonds is 6. The highest BCUT2D eigenvalue weighted by molar-refractivity contribution is 5.94. The Hall–Kier alpha value is -2.04. The Kier molecular flexibility index (Phi) is 7.28. The number of nitrogens with zero attached hydrogens (tertiary/aromatic N) is 1. The molecule has 0 spiro atoms. The zero-order valence-corrected chi connectivity index (χ0v) is 17.4. The van der Waals surface area contributed by atoms with Crippen molar-refractivity contribution in [2.75, 3.05) is 19.7 Å². The van der Waals surface area contributed by atoms with Gasteiger partial charge in [0.15, 0.2) is 0 Å². The summed E-state index contributed by atoms with van der Waals surface area (Å²) in [5.41, 5.74) is 0.677. The SMILES string of the molecule is CC(C)NC(=O)c1ccc(OCC2CCN(C(=O)CC(C)(C)C)CC2)cc1. The van der Waals surface area contributed by atoms with E-state index in [0.717, 1.165) is 31.7 Å². The normalized spacial score (nSPS) is 15.7. The van der Waals surface area contributed by atoms with Gasteiger partial charge in [0, 0.05) is 31.1 Å². The van der Waals surface area contributed by atoms with Crippen molar-refractivity contribution in [3.05, 3.63) is 29.8 Å². The summed E-state index contributed by atoms with van der Waals surface area (Å²) in [6.07, 6.45) is 2.56. The highest BCUT2D eigenvalue weighted by Gasteiger charge is 2.26. The zero-order chi connectivity index (χ0) is 20.0. The van der Waals surface area contributed by atoms with E-state index in [2.05, 4.69) is 26.1 Å². The molecule has 1 heterocycles. The third-order valence-corrected chi connectivity index (χ3v) is 4.67. The van der Waals surface area contributed by atoms with Gasteiger partial charge in [-0.1, -0.05) is 20.8 Å². The molecular weight excluding hydrogens is 340 g/mol. The molecule has 1 N–H and O–H groups in total. The molecule has 150 valence electrons. The molecule has 1 aliphatic heterocycles. The number of carbonyl (C=O) groups excluding carboxylic acids is 2. The molecule has 2 amide bonds. The average molecular weight is 375 g/mol. The summed E-state index contributed by atoms with van der Waals surface area (Å²) in [4.78, 5) is 26.3. The van der Waals surface area contributed by atoms with Gasteiger partial charge in [-0.3, -0.25) is 9.59 Å². The highest BCUT2D eigenvalue weighted by atomic mass is 16.5. The van der Waals surface area contributed by atoms with Crippen molar-refractivity contribution in [3.8, 4) is 5.75 Å². The van der Waals surface area contributed by atoms with Crippen molar-refractivity contribution in [1.82, 2.24) is 10.2 Å². The standard InChI is InChI=1S/C22H34N2O3/c1-16(2)23-21(26)18-6-8-19(9-7-18)27-15-17-10-12-24(13-11-17)20(25)14-22(3,4)5/h6-9,16-17H,10-15H2,1-5H3,(H,23,26). The number of nitrogens with one attached hydrogen (secondary N) is 1. The van der Waals surface area contributed by atoms with Gasteiger partial charge in [-0.25, -0.2) is 0 Å². The van der Waals surface area contributed by atoms with Crippen LogP contribution in [0.1, 0.15) is 64.2 Å². The van der Waals surface area contributed by atoms with Crippen molar-refractivity contribution in [3.63, 3.8) is 0 Å². The summed E-state index contributed by atoms with van der Waals surface area (Å²) in [7, 11) is 0. The number of benzene rings is 1. The van der Waals surface area contributed by atoms with E-state index in [1.807, 2.05) is 30.9 Å². The number of hydrogen-bond acceptors (Lipinski definition) is 3. The smallest absolute Gasteiger partial charge is 0.251 e. The summed E-state index contributed by atoms with van der Waals surface area (Å²) in [5.74, 6) is 1.44. The van der Waals surface area contributed by atoms with E-state index < -0.39 is 0 Å². The van der Waals surface area contributed by atoms with E-state index in [9.17, 15) is 9.59 Å². The van der Waals surface area contributed by atoms with Crippen LogP contribution in [-0.2, 0) is 4.79 Å². The summed E-state index contributed by atoms with van der Waals surface area (Å²) in [6, 6.07) is 7.39. The van der Waals surface area contributed by atoms with Crippen molar-refractivity contribution < 1.29 is 14.3 Å². The second kappa shape index (κ2) is 9.25. The van der Waals surface area contributed by atoms with Crippen LogP contribution in [0.25, 0.3) is 0 Å². The minimum Gasteiger partial charge on any atom is -0.493 e. The van der Waals surface area contributed by atoms with Crippen LogP contribution in [0.3, 0.4) is 0 Å². The van der Waals surface area contributed by atoms with E-state index in [1.165, 1.54) is 0 Å². The van der Waals surface area contributed by atoms with Crippen LogP contribution in [0.4, 0.5) is 0 Å². The molecule has 0 saturated carbocycles. The molecule has 0 aliphatic carbocycles. The maximum absolute atomic E-state index is 12.3. The van der Waals surface area contributed by atoms with Crippen molar-refractivity contribution in [2.24, 2.45) is 11.3 Å². The van der Waals surface area contributed by atoms with Gasteiger partial charge in [0.25, 0.3) is 5.91 Å². The minimum absolute atomic E-state index is 0.0370. The fourth-order valence-corrected chi connectivity index (χ4v) is 3.18. The largest absolute Gasteiger partial charge is 0.493 e. The van der Waals surface area contributed by atoms with Crippen molar-refractivity contribution in [2.45, 2.75) is 59.9 Å². The Labute approximate surface area is 163 Å². The molecule has 0 radical (unpaired) electrons. The molecule has 27 heavy (non-hydrogen) atoms. The number of carbonyl (C=O) groups is 2. The quantitative estimate of drug-likeness (QED) is 0.822. The van der Waals surface area contributed by atoms with Gasteiger partial charge in [-0.05, 0) is 62.3 Å². The Balaban J connectivity index is 1.75. The van der Waals surface area contributed by atoms with Crippen LogP contribution in [-0.4, -0.2) is 42.5 Å². The molecule has 0 unspecified atom stereocenters. The van der Waals surface area contributed by atoms with E-state index in [-0.39, 0.29) is 23.3 Å². The first-order valence-electron chi connectivity index (χ1n) is 9.95. The predicted molar refractivity (Wildman–Crippen MR) is 108 cm³/mol. The average Bonchev–Trinajstić information content (AvgIpc) is 2.59. The maximum Gasteiger partial charge on any atom is 0.251 e. The summed E-state index contributed by atoms with van der Waals surface area (Å²) < 4.78 is 5.90. The lowest BCUT2D eigenvalue weighted by atomic mass is 9.90. The summed E-state index contributed by atoms with van der Waals surface area (Å²) in [6.45, 7) is 12.5. The third-order valence-electron chi connectivity index (χ3n) is 4.67. The van der Waals surface area contributed by atoms with Crippen LogP contribution in [0.2, 0.25) is 0 Å². The van der Waals surface area contributed by atoms with E-state index in [1.54, 1.807) is 12.1 Å². The molecule has 1 aromatic carbocycles. The number of amides is 2. The predicted octanol–water partition coefficient (Wildman–Crippen LogP) is 3.88. The fourth-order valence-electron chi connectivity index (χ4n) is 3.18. The molecule has 1 fully saturated rings. The Morgan fingerprint density at radius 3 is 2.26 bits per heavy atom. The van der Waals surface area contributed by atoms with Crippen molar-refractivity contribution >= 4 is 11.8 Å². The van der Waals surface area contributed by atoms with E-state index in [4.69, 9.17) is 4.74 Å². The molecular formula is C22H34N2O3. The lowest BCUT2D eigenvalue weighted by Crippen LogP contribution is -2.40. The molecule has 1 aliphatic rings. The number of piperidine rings is 1. The highest BCUT2D eigenvalue weighted by Crippen LogP contribution is 2.24. The topological polar surface area (TPSA) is 58.6 Å². The van der Waals surface area contributed by atoms with Gasteiger partial charge in [0.1, 0.15) is 5.75 Å². The minimum atomic E-state index is -0.0659. The van der Waals surface area contributed by atoms with Gasteiger partial charge < -0.3 is 15.0 Å². The Morgan fingerprint density at radius 1 is 1.15 bits per heavy atom. The Bertz CT molecular complexity index is 624. The molecule has 0 bridgehead atoms. The number of hydrogen-bond donors (Lipinski definition) is 1. The summed E-state index contributed by atoms with van der Waals surface area (Å²) >= 11 is 0. The maximum atomic E-state index is 12.3. The number of likely N-dealkylation sites (tertiary alicyclic amines) is 1. The molecule has 1 saturated heterocycles. The van der Waals surface area contributed by atoms with Gasteiger partial charge in [-0.15, -0.1) is 0 Å². The molecule has 5 nitrogen and oxygen atoms in total. The van der Waals surface area contributed by atoms with Gasteiger partial charge >= 0.3 is 0 Å². The monoisotopic (exact) mass is 374 g/mol. The van der Waals surface area contributed by atoms with Crippen LogP contribution < -0.4 is 10.1 Å². The fraction of sp³-hybridized carbons (Fsp3) is 0.636. The second-order valence-corrected chi connectivity index (χ2v) is 9.03. The van der Waals surface area contributed by atoms with E-state index in [0.29, 0.717) is 24.5 Å². The lowest BCUT2D eigenvalue weighted by molar-refractivity contribution is -0.134. The van der Waals surface area contributed by atoms with Gasteiger partial charge in [-0.2, -0.15) is 0 Å². The number of ether oxygens (including phenoxy) is 1. The third kappa shape index (κ3) is 7.24. The van der Waals surface area contributed by atoms with Crippen molar-refractivity contribution in [1.29, 1.82) is 0 Å². The zero-order valence-electron chi connectivity index (χ0n) is 17.4. The lowest BCUT2D eigenvalue weighted by Gasteiger charge is -2.33. The first kappa shape index (κ1) is 21.3.